The minimum absolute atomic E-state index is 0.260. The lowest BCUT2D eigenvalue weighted by Crippen LogP contribution is -2.10. The van der Waals surface area contributed by atoms with Gasteiger partial charge in [0.1, 0.15) is 11.5 Å². The van der Waals surface area contributed by atoms with Gasteiger partial charge in [-0.3, -0.25) is 9.89 Å². The molecule has 0 radical (unpaired) electrons. The summed E-state index contributed by atoms with van der Waals surface area (Å²) in [5.41, 5.74) is 10.7. The van der Waals surface area contributed by atoms with E-state index in [0.717, 1.165) is 27.8 Å². The first-order chi connectivity index (χ1) is 13.1. The molecule has 0 saturated carbocycles. The summed E-state index contributed by atoms with van der Waals surface area (Å²) in [5, 5.41) is 6.80. The van der Waals surface area contributed by atoms with E-state index in [-0.39, 0.29) is 11.5 Å². The summed E-state index contributed by atoms with van der Waals surface area (Å²) in [4.78, 5) is 11.3. The number of benzene rings is 3. The molecule has 0 atom stereocenters. The van der Waals surface area contributed by atoms with E-state index in [1.165, 1.54) is 12.1 Å². The smallest absolute Gasteiger partial charge is 0.266 e. The number of carbonyl (C=O) groups excluding carboxylic acids is 1. The molecule has 1 amide bonds. The highest BCUT2D eigenvalue weighted by Gasteiger charge is 2.11. The van der Waals surface area contributed by atoms with Gasteiger partial charge in [-0.2, -0.15) is 5.10 Å². The predicted molar refractivity (Wildman–Crippen MR) is 103 cm³/mol. The zero-order valence-electron chi connectivity index (χ0n) is 14.3. The van der Waals surface area contributed by atoms with E-state index in [4.69, 9.17) is 5.73 Å². The highest BCUT2D eigenvalue weighted by Crippen LogP contribution is 2.34. The van der Waals surface area contributed by atoms with E-state index < -0.39 is 5.91 Å². The number of nitrogens with zero attached hydrogens (tertiary/aromatic N) is 1. The molecule has 5 heteroatoms. The van der Waals surface area contributed by atoms with Gasteiger partial charge >= 0.3 is 0 Å². The Hall–Kier alpha value is -3.73. The van der Waals surface area contributed by atoms with Crippen molar-refractivity contribution in [1.82, 2.24) is 10.2 Å². The summed E-state index contributed by atoms with van der Waals surface area (Å²) >= 11 is 0. The number of amides is 1. The van der Waals surface area contributed by atoms with Crippen LogP contribution in [0.5, 0.6) is 0 Å². The maximum Gasteiger partial charge on any atom is 0.266 e. The van der Waals surface area contributed by atoms with Gasteiger partial charge in [0.25, 0.3) is 5.91 Å². The monoisotopic (exact) mass is 357 g/mol. The second-order valence-corrected chi connectivity index (χ2v) is 6.17. The fraction of sp³-hybridized carbons (Fsp3) is 0. The van der Waals surface area contributed by atoms with E-state index in [9.17, 15) is 9.18 Å². The van der Waals surface area contributed by atoms with Crippen molar-refractivity contribution in [2.75, 3.05) is 0 Å². The number of hydrogen-bond donors (Lipinski definition) is 2. The molecule has 0 aliphatic rings. The fourth-order valence-electron chi connectivity index (χ4n) is 3.08. The molecular formula is C22H16FN3O. The Labute approximate surface area is 155 Å². The number of nitrogens with one attached hydrogen (secondary N) is 1. The molecule has 3 N–H and O–H groups in total. The average molecular weight is 357 g/mol. The third kappa shape index (κ3) is 3.35. The average Bonchev–Trinajstić information content (AvgIpc) is 3.19. The third-order valence-corrected chi connectivity index (χ3v) is 4.38. The van der Waals surface area contributed by atoms with Crippen molar-refractivity contribution in [1.29, 1.82) is 0 Å². The van der Waals surface area contributed by atoms with Crippen LogP contribution in [-0.4, -0.2) is 16.1 Å². The van der Waals surface area contributed by atoms with E-state index in [1.807, 2.05) is 54.6 Å². The van der Waals surface area contributed by atoms with Crippen molar-refractivity contribution in [3.63, 3.8) is 0 Å². The minimum Gasteiger partial charge on any atom is -0.364 e. The number of aromatic amines is 1. The Balaban J connectivity index is 1.80. The van der Waals surface area contributed by atoms with Crippen molar-refractivity contribution in [2.24, 2.45) is 5.73 Å². The first kappa shape index (κ1) is 16.7. The SMILES string of the molecule is NC(=O)c1cc(-c2cccc(-c3ccccc3-c3cccc(F)c3)c2)n[nH]1. The maximum absolute atomic E-state index is 13.7. The van der Waals surface area contributed by atoms with Crippen molar-refractivity contribution < 1.29 is 9.18 Å². The van der Waals surface area contributed by atoms with Crippen LogP contribution in [0.4, 0.5) is 4.39 Å². The maximum atomic E-state index is 13.7. The summed E-state index contributed by atoms with van der Waals surface area (Å²) in [6, 6.07) is 23.8. The topological polar surface area (TPSA) is 71.8 Å². The first-order valence-corrected chi connectivity index (χ1v) is 8.43. The number of hydrogen-bond acceptors (Lipinski definition) is 2. The van der Waals surface area contributed by atoms with Gasteiger partial charge in [0.05, 0.1) is 5.69 Å². The summed E-state index contributed by atoms with van der Waals surface area (Å²) in [6.07, 6.45) is 0. The standard InChI is InChI=1S/C22H16FN3O/c23-17-8-4-6-15(12-17)19-10-2-1-9-18(19)14-5-3-7-16(11-14)20-13-21(22(24)27)26-25-20/h1-13H,(H2,24,27)(H,25,26). The Bertz CT molecular complexity index is 1130. The van der Waals surface area contributed by atoms with Crippen molar-refractivity contribution in [3.8, 4) is 33.5 Å². The number of rotatable bonds is 4. The van der Waals surface area contributed by atoms with Crippen LogP contribution in [0.15, 0.2) is 78.9 Å². The molecule has 4 rings (SSSR count). The number of aromatic nitrogens is 2. The second-order valence-electron chi connectivity index (χ2n) is 6.17. The van der Waals surface area contributed by atoms with Crippen molar-refractivity contribution in [2.45, 2.75) is 0 Å². The number of nitrogens with two attached hydrogens (primary N) is 1. The number of halogens is 1. The predicted octanol–water partition coefficient (Wildman–Crippen LogP) is 4.65. The van der Waals surface area contributed by atoms with Gasteiger partial charge in [-0.25, -0.2) is 4.39 Å². The van der Waals surface area contributed by atoms with Gasteiger partial charge in [-0.1, -0.05) is 54.6 Å². The molecule has 4 aromatic rings. The highest BCUT2D eigenvalue weighted by molar-refractivity contribution is 5.92. The van der Waals surface area contributed by atoms with Crippen molar-refractivity contribution in [3.05, 3.63) is 90.4 Å². The molecule has 0 saturated heterocycles. The lowest BCUT2D eigenvalue weighted by Gasteiger charge is -2.11. The van der Waals surface area contributed by atoms with E-state index in [2.05, 4.69) is 10.2 Å². The number of carbonyl (C=O) groups is 1. The lowest BCUT2D eigenvalue weighted by molar-refractivity contribution is 0.0995. The Morgan fingerprint density at radius 3 is 2.07 bits per heavy atom. The van der Waals surface area contributed by atoms with Crippen LogP contribution in [0.25, 0.3) is 33.5 Å². The summed E-state index contributed by atoms with van der Waals surface area (Å²) < 4.78 is 13.7. The molecule has 132 valence electrons. The second kappa shape index (κ2) is 6.88. The quantitative estimate of drug-likeness (QED) is 0.558. The summed E-state index contributed by atoms with van der Waals surface area (Å²) in [7, 11) is 0. The van der Waals surface area contributed by atoms with Gasteiger partial charge in [-0.05, 0) is 46.5 Å². The molecule has 0 bridgehead atoms. The fourth-order valence-corrected chi connectivity index (χ4v) is 3.08. The molecule has 0 aliphatic carbocycles. The molecule has 3 aromatic carbocycles. The molecule has 0 aliphatic heterocycles. The Morgan fingerprint density at radius 1 is 0.815 bits per heavy atom. The lowest BCUT2D eigenvalue weighted by atomic mass is 9.93. The number of H-pyrrole nitrogens is 1. The molecule has 27 heavy (non-hydrogen) atoms. The third-order valence-electron chi connectivity index (χ3n) is 4.38. The molecule has 4 nitrogen and oxygen atoms in total. The van der Waals surface area contributed by atoms with E-state index >= 15 is 0 Å². The Kier molecular flexibility index (Phi) is 4.26. The van der Waals surface area contributed by atoms with Gasteiger partial charge in [0.2, 0.25) is 0 Å². The largest absolute Gasteiger partial charge is 0.364 e. The van der Waals surface area contributed by atoms with Crippen LogP contribution in [0.3, 0.4) is 0 Å². The normalized spacial score (nSPS) is 10.7. The van der Waals surface area contributed by atoms with Gasteiger partial charge < -0.3 is 5.73 Å². The molecule has 0 spiro atoms. The summed E-state index contributed by atoms with van der Waals surface area (Å²) in [5.74, 6) is -0.826. The molecule has 0 fully saturated rings. The van der Waals surface area contributed by atoms with Crippen LogP contribution in [0.2, 0.25) is 0 Å². The van der Waals surface area contributed by atoms with E-state index in [0.29, 0.717) is 5.69 Å². The van der Waals surface area contributed by atoms with Gasteiger partial charge in [-0.15, -0.1) is 0 Å². The summed E-state index contributed by atoms with van der Waals surface area (Å²) in [6.45, 7) is 0. The van der Waals surface area contributed by atoms with Crippen LogP contribution < -0.4 is 5.73 Å². The minimum atomic E-state index is -0.554. The highest BCUT2D eigenvalue weighted by atomic mass is 19.1. The zero-order chi connectivity index (χ0) is 18.8. The zero-order valence-corrected chi connectivity index (χ0v) is 14.3. The van der Waals surface area contributed by atoms with Crippen LogP contribution >= 0.6 is 0 Å². The molecule has 1 heterocycles. The van der Waals surface area contributed by atoms with Crippen LogP contribution in [0, 0.1) is 5.82 Å². The molecule has 1 aromatic heterocycles. The molecular weight excluding hydrogens is 341 g/mol. The van der Waals surface area contributed by atoms with E-state index in [1.54, 1.807) is 12.1 Å². The van der Waals surface area contributed by atoms with Crippen molar-refractivity contribution >= 4 is 5.91 Å². The number of primary amides is 1. The van der Waals surface area contributed by atoms with Gasteiger partial charge in [0, 0.05) is 5.56 Å². The Morgan fingerprint density at radius 2 is 1.44 bits per heavy atom. The first-order valence-electron chi connectivity index (χ1n) is 8.43. The van der Waals surface area contributed by atoms with Crippen LogP contribution in [-0.2, 0) is 0 Å². The van der Waals surface area contributed by atoms with Gasteiger partial charge in [0.15, 0.2) is 0 Å². The molecule has 0 unspecified atom stereocenters. The van der Waals surface area contributed by atoms with Crippen LogP contribution in [0.1, 0.15) is 10.5 Å².